The highest BCUT2D eigenvalue weighted by molar-refractivity contribution is 6.00. The zero-order valence-electron chi connectivity index (χ0n) is 11.0. The third-order valence-corrected chi connectivity index (χ3v) is 2.97. The fraction of sp³-hybridized carbons (Fsp3) is 0.118. The van der Waals surface area contributed by atoms with Crippen LogP contribution in [0.3, 0.4) is 0 Å². The Kier molecular flexibility index (Phi) is 4.14. The molecule has 2 aromatic rings. The largest absolute Gasteiger partial charge is 0.304 e. The van der Waals surface area contributed by atoms with Gasteiger partial charge in [-0.1, -0.05) is 54.6 Å². The molecule has 19 heavy (non-hydrogen) atoms. The smallest absolute Gasteiger partial charge is 0.250 e. The molecule has 0 aliphatic carbocycles. The predicted octanol–water partition coefficient (Wildman–Crippen LogP) is 3.71. The topological polar surface area (TPSA) is 20.3 Å². The Bertz CT molecular complexity index is 558. The fourth-order valence-electron chi connectivity index (χ4n) is 1.89. The Balaban J connectivity index is 2.26. The fourth-order valence-corrected chi connectivity index (χ4v) is 1.89. The third-order valence-electron chi connectivity index (χ3n) is 2.97. The number of anilines is 1. The van der Waals surface area contributed by atoms with Gasteiger partial charge in [0, 0.05) is 5.69 Å². The molecule has 0 spiro atoms. The highest BCUT2D eigenvalue weighted by Gasteiger charge is 2.12. The average Bonchev–Trinajstić information content (AvgIpc) is 2.47. The maximum Gasteiger partial charge on any atom is 0.250 e. The molecule has 0 aromatic heterocycles. The molecule has 0 heterocycles. The molecule has 0 saturated carbocycles. The number of nitrogens with zero attached hydrogens (tertiary/aromatic N) is 1. The summed E-state index contributed by atoms with van der Waals surface area (Å²) < 4.78 is 0. The number of para-hydroxylation sites is 1. The second kappa shape index (κ2) is 6.01. The van der Waals surface area contributed by atoms with Crippen molar-refractivity contribution in [3.63, 3.8) is 0 Å². The number of aryl methyl sites for hydroxylation is 1. The number of rotatable bonds is 4. The van der Waals surface area contributed by atoms with E-state index in [1.165, 1.54) is 11.6 Å². The highest BCUT2D eigenvalue weighted by atomic mass is 16.2. The van der Waals surface area contributed by atoms with Gasteiger partial charge in [0.1, 0.15) is 0 Å². The van der Waals surface area contributed by atoms with Crippen molar-refractivity contribution in [2.24, 2.45) is 0 Å². The van der Waals surface area contributed by atoms with E-state index >= 15 is 0 Å². The molecule has 0 unspecified atom stereocenters. The van der Waals surface area contributed by atoms with Crippen LogP contribution in [0.4, 0.5) is 5.69 Å². The molecule has 0 aliphatic rings. The van der Waals surface area contributed by atoms with Crippen LogP contribution in [0.5, 0.6) is 0 Å². The SMILES string of the molecule is C=CC(=O)N(Cc1ccc(C)cc1)c1ccccc1. The molecule has 0 fully saturated rings. The van der Waals surface area contributed by atoms with E-state index in [9.17, 15) is 4.79 Å². The Labute approximate surface area is 114 Å². The van der Waals surface area contributed by atoms with Gasteiger partial charge in [0.2, 0.25) is 0 Å². The van der Waals surface area contributed by atoms with Gasteiger partial charge in [-0.3, -0.25) is 4.79 Å². The molecule has 1 amide bonds. The number of hydrogen-bond donors (Lipinski definition) is 0. The van der Waals surface area contributed by atoms with E-state index in [1.54, 1.807) is 4.90 Å². The summed E-state index contributed by atoms with van der Waals surface area (Å²) >= 11 is 0. The molecule has 0 atom stereocenters. The van der Waals surface area contributed by atoms with Gasteiger partial charge in [-0.25, -0.2) is 0 Å². The minimum Gasteiger partial charge on any atom is -0.304 e. The van der Waals surface area contributed by atoms with Gasteiger partial charge in [0.05, 0.1) is 6.54 Å². The van der Waals surface area contributed by atoms with Crippen molar-refractivity contribution < 1.29 is 4.79 Å². The zero-order chi connectivity index (χ0) is 13.7. The predicted molar refractivity (Wildman–Crippen MR) is 79.0 cm³/mol. The van der Waals surface area contributed by atoms with E-state index in [2.05, 4.69) is 18.7 Å². The number of amides is 1. The van der Waals surface area contributed by atoms with Crippen molar-refractivity contribution in [1.82, 2.24) is 0 Å². The molecule has 0 aliphatic heterocycles. The maximum atomic E-state index is 12.0. The first-order valence-corrected chi connectivity index (χ1v) is 6.25. The van der Waals surface area contributed by atoms with Gasteiger partial charge in [0.15, 0.2) is 0 Å². The lowest BCUT2D eigenvalue weighted by molar-refractivity contribution is -0.114. The summed E-state index contributed by atoms with van der Waals surface area (Å²) in [5.74, 6) is -0.0909. The van der Waals surface area contributed by atoms with Crippen LogP contribution in [0.15, 0.2) is 67.3 Å². The van der Waals surface area contributed by atoms with Gasteiger partial charge < -0.3 is 4.90 Å². The first-order valence-electron chi connectivity index (χ1n) is 6.25. The van der Waals surface area contributed by atoms with E-state index in [-0.39, 0.29) is 5.91 Å². The van der Waals surface area contributed by atoms with E-state index in [1.807, 2.05) is 49.4 Å². The summed E-state index contributed by atoms with van der Waals surface area (Å²) in [5, 5.41) is 0. The monoisotopic (exact) mass is 251 g/mol. The van der Waals surface area contributed by atoms with Crippen LogP contribution in [-0.4, -0.2) is 5.91 Å². The minimum atomic E-state index is -0.0909. The lowest BCUT2D eigenvalue weighted by Crippen LogP contribution is -2.28. The van der Waals surface area contributed by atoms with Crippen LogP contribution in [-0.2, 0) is 11.3 Å². The van der Waals surface area contributed by atoms with Gasteiger partial charge in [-0.05, 0) is 30.7 Å². The zero-order valence-corrected chi connectivity index (χ0v) is 11.0. The van der Waals surface area contributed by atoms with E-state index < -0.39 is 0 Å². The van der Waals surface area contributed by atoms with Gasteiger partial charge in [-0.2, -0.15) is 0 Å². The van der Waals surface area contributed by atoms with Crippen molar-refractivity contribution in [2.45, 2.75) is 13.5 Å². The number of carbonyl (C=O) groups excluding carboxylic acids is 1. The van der Waals surface area contributed by atoms with Crippen LogP contribution < -0.4 is 4.90 Å². The standard InChI is InChI=1S/C17H17NO/c1-3-17(19)18(16-7-5-4-6-8-16)13-15-11-9-14(2)10-12-15/h3-12H,1,13H2,2H3. The number of carbonyl (C=O) groups is 1. The molecule has 2 rings (SSSR count). The molecule has 96 valence electrons. The van der Waals surface area contributed by atoms with Crippen LogP contribution in [0.2, 0.25) is 0 Å². The summed E-state index contributed by atoms with van der Waals surface area (Å²) in [7, 11) is 0. The second-order valence-electron chi connectivity index (χ2n) is 4.45. The molecule has 0 saturated heterocycles. The molecular weight excluding hydrogens is 234 g/mol. The van der Waals surface area contributed by atoms with Gasteiger partial charge in [-0.15, -0.1) is 0 Å². The lowest BCUT2D eigenvalue weighted by Gasteiger charge is -2.21. The molecule has 2 nitrogen and oxygen atoms in total. The summed E-state index contributed by atoms with van der Waals surface area (Å²) in [6.07, 6.45) is 1.35. The first kappa shape index (κ1) is 13.1. The second-order valence-corrected chi connectivity index (χ2v) is 4.45. The third kappa shape index (κ3) is 3.32. The molecular formula is C17H17NO. The Morgan fingerprint density at radius 2 is 1.74 bits per heavy atom. The van der Waals surface area contributed by atoms with Crippen LogP contribution in [0.25, 0.3) is 0 Å². The maximum absolute atomic E-state index is 12.0. The Hall–Kier alpha value is -2.35. The van der Waals surface area contributed by atoms with Crippen molar-refractivity contribution in [2.75, 3.05) is 4.90 Å². The normalized spacial score (nSPS) is 9.95. The van der Waals surface area contributed by atoms with E-state index in [4.69, 9.17) is 0 Å². The lowest BCUT2D eigenvalue weighted by atomic mass is 10.1. The van der Waals surface area contributed by atoms with Crippen LogP contribution in [0, 0.1) is 6.92 Å². The first-order chi connectivity index (χ1) is 9.20. The van der Waals surface area contributed by atoms with Crippen molar-refractivity contribution in [1.29, 1.82) is 0 Å². The molecule has 2 heteroatoms. The van der Waals surface area contributed by atoms with Gasteiger partial charge in [0.25, 0.3) is 5.91 Å². The van der Waals surface area contributed by atoms with Crippen molar-refractivity contribution in [3.8, 4) is 0 Å². The highest BCUT2D eigenvalue weighted by Crippen LogP contribution is 2.17. The quantitative estimate of drug-likeness (QED) is 0.758. The van der Waals surface area contributed by atoms with Gasteiger partial charge >= 0.3 is 0 Å². The van der Waals surface area contributed by atoms with Crippen molar-refractivity contribution in [3.05, 3.63) is 78.4 Å². The average molecular weight is 251 g/mol. The molecule has 2 aromatic carbocycles. The molecule has 0 bridgehead atoms. The molecule has 0 N–H and O–H groups in total. The van der Waals surface area contributed by atoms with Crippen molar-refractivity contribution >= 4 is 11.6 Å². The number of hydrogen-bond acceptors (Lipinski definition) is 1. The Morgan fingerprint density at radius 1 is 1.11 bits per heavy atom. The Morgan fingerprint density at radius 3 is 2.32 bits per heavy atom. The molecule has 0 radical (unpaired) electrons. The van der Waals surface area contributed by atoms with Crippen LogP contribution in [0.1, 0.15) is 11.1 Å². The summed E-state index contributed by atoms with van der Waals surface area (Å²) in [5.41, 5.74) is 3.20. The summed E-state index contributed by atoms with van der Waals surface area (Å²) in [6, 6.07) is 17.8. The minimum absolute atomic E-state index is 0.0909. The van der Waals surface area contributed by atoms with Crippen LogP contribution >= 0.6 is 0 Å². The summed E-state index contributed by atoms with van der Waals surface area (Å²) in [6.45, 7) is 6.17. The summed E-state index contributed by atoms with van der Waals surface area (Å²) in [4.78, 5) is 13.7. The van der Waals surface area contributed by atoms with E-state index in [0.717, 1.165) is 11.3 Å². The number of benzene rings is 2. The van der Waals surface area contributed by atoms with E-state index in [0.29, 0.717) is 6.54 Å².